The Morgan fingerprint density at radius 2 is 1.25 bits per heavy atom. The lowest BCUT2D eigenvalue weighted by Gasteiger charge is -2.30. The van der Waals surface area contributed by atoms with Crippen LogP contribution in [0.5, 0.6) is 0 Å². The van der Waals surface area contributed by atoms with E-state index in [9.17, 15) is 0 Å². The van der Waals surface area contributed by atoms with Crippen molar-refractivity contribution >= 4 is 52.0 Å². The van der Waals surface area contributed by atoms with Gasteiger partial charge in [0.2, 0.25) is 11.9 Å². The Morgan fingerprint density at radius 1 is 0.750 bits per heavy atom. The van der Waals surface area contributed by atoms with Crippen molar-refractivity contribution in [3.05, 3.63) is 120 Å². The molecule has 0 amide bonds. The summed E-state index contributed by atoms with van der Waals surface area (Å²) < 4.78 is 0. The molecule has 1 fully saturated rings. The predicted molar refractivity (Wildman–Crippen MR) is 169 cm³/mol. The molecule has 0 bridgehead atoms. The third-order valence-electron chi connectivity index (χ3n) is 6.52. The SMILES string of the molecule is Cc1ccccc1N(C(N)=NN=C(NN1CCNC1=S)N(c1ccccc1)c1ccccc1)c1ccccc1C. The van der Waals surface area contributed by atoms with Crippen LogP contribution >= 0.6 is 12.2 Å². The lowest BCUT2D eigenvalue weighted by Crippen LogP contribution is -2.50. The first-order chi connectivity index (χ1) is 19.5. The smallest absolute Gasteiger partial charge is 0.247 e. The third-order valence-corrected chi connectivity index (χ3v) is 6.89. The minimum Gasteiger partial charge on any atom is -0.368 e. The molecule has 0 unspecified atom stereocenters. The van der Waals surface area contributed by atoms with Crippen LogP contribution in [0.1, 0.15) is 11.1 Å². The fraction of sp³-hybridized carbons (Fsp3) is 0.129. The number of nitrogens with zero attached hydrogens (tertiary/aromatic N) is 5. The highest BCUT2D eigenvalue weighted by molar-refractivity contribution is 7.80. The van der Waals surface area contributed by atoms with E-state index in [1.54, 1.807) is 0 Å². The molecule has 9 heteroatoms. The Labute approximate surface area is 240 Å². The number of hydrazine groups is 1. The first-order valence-electron chi connectivity index (χ1n) is 13.1. The van der Waals surface area contributed by atoms with E-state index in [4.69, 9.17) is 23.1 Å². The summed E-state index contributed by atoms with van der Waals surface area (Å²) in [7, 11) is 0. The fourth-order valence-electron chi connectivity index (χ4n) is 4.51. The summed E-state index contributed by atoms with van der Waals surface area (Å²) in [5.41, 5.74) is 15.9. The normalized spacial score (nSPS) is 13.7. The number of guanidine groups is 2. The number of nitrogens with two attached hydrogens (primary N) is 1. The van der Waals surface area contributed by atoms with Crippen LogP contribution in [0, 0.1) is 13.8 Å². The lowest BCUT2D eigenvalue weighted by atomic mass is 10.1. The molecule has 0 aliphatic carbocycles. The summed E-state index contributed by atoms with van der Waals surface area (Å²) in [6.45, 7) is 5.51. The van der Waals surface area contributed by atoms with Crippen LogP contribution in [0.15, 0.2) is 119 Å². The van der Waals surface area contributed by atoms with Gasteiger partial charge < -0.3 is 11.1 Å². The maximum atomic E-state index is 6.75. The summed E-state index contributed by atoms with van der Waals surface area (Å²) in [5, 5.41) is 15.0. The van der Waals surface area contributed by atoms with Crippen molar-refractivity contribution in [1.82, 2.24) is 15.8 Å². The Balaban J connectivity index is 1.64. The van der Waals surface area contributed by atoms with Crippen LogP contribution in [0.2, 0.25) is 0 Å². The highest BCUT2D eigenvalue weighted by atomic mass is 32.1. The van der Waals surface area contributed by atoms with Gasteiger partial charge in [0.15, 0.2) is 5.11 Å². The molecule has 1 aliphatic rings. The number of anilines is 4. The molecule has 0 spiro atoms. The van der Waals surface area contributed by atoms with Crippen molar-refractivity contribution in [3.63, 3.8) is 0 Å². The average Bonchev–Trinajstić information content (AvgIpc) is 3.39. The lowest BCUT2D eigenvalue weighted by molar-refractivity contribution is 0.419. The molecule has 1 aliphatic heterocycles. The van der Waals surface area contributed by atoms with Gasteiger partial charge in [0.1, 0.15) is 0 Å². The maximum Gasteiger partial charge on any atom is 0.247 e. The van der Waals surface area contributed by atoms with Gasteiger partial charge >= 0.3 is 0 Å². The molecule has 1 saturated heterocycles. The Kier molecular flexibility index (Phi) is 8.22. The second kappa shape index (κ2) is 12.3. The van der Waals surface area contributed by atoms with Crippen molar-refractivity contribution in [2.45, 2.75) is 13.8 Å². The maximum absolute atomic E-state index is 6.75. The molecule has 0 atom stereocenters. The van der Waals surface area contributed by atoms with Crippen molar-refractivity contribution in [3.8, 4) is 0 Å². The summed E-state index contributed by atoms with van der Waals surface area (Å²) >= 11 is 5.52. The monoisotopic (exact) mass is 548 g/mol. The van der Waals surface area contributed by atoms with Crippen molar-refractivity contribution < 1.29 is 0 Å². The number of para-hydroxylation sites is 4. The third kappa shape index (κ3) is 5.89. The zero-order valence-corrected chi connectivity index (χ0v) is 23.3. The standard InChI is InChI=1S/C31H32N8S/c1-23-13-9-11-19-27(23)39(28-20-12-10-14-24(28)2)29(32)34-35-30(36-37-22-21-33-31(37)40)38(25-15-5-3-6-16-25)26-17-7-4-8-18-26/h3-20H,21-22H2,1-2H3,(H2,32,34)(H,33,40)(H,35,36). The minimum atomic E-state index is 0.228. The van der Waals surface area contributed by atoms with Gasteiger partial charge in [0.05, 0.1) is 17.9 Å². The van der Waals surface area contributed by atoms with Gasteiger partial charge in [0, 0.05) is 17.9 Å². The van der Waals surface area contributed by atoms with Crippen molar-refractivity contribution in [2.75, 3.05) is 22.9 Å². The van der Waals surface area contributed by atoms with E-state index in [0.29, 0.717) is 17.6 Å². The molecular formula is C31H32N8S. The molecular weight excluding hydrogens is 516 g/mol. The summed E-state index contributed by atoms with van der Waals surface area (Å²) in [5.74, 6) is 0.673. The molecule has 0 saturated carbocycles. The molecule has 4 aromatic rings. The van der Waals surface area contributed by atoms with E-state index < -0.39 is 0 Å². The largest absolute Gasteiger partial charge is 0.368 e. The molecule has 8 nitrogen and oxygen atoms in total. The molecule has 5 rings (SSSR count). The molecule has 202 valence electrons. The van der Waals surface area contributed by atoms with Gasteiger partial charge in [-0.15, -0.1) is 10.2 Å². The van der Waals surface area contributed by atoms with Crippen LogP contribution in [0.3, 0.4) is 0 Å². The first kappa shape index (κ1) is 26.7. The quantitative estimate of drug-likeness (QED) is 0.126. The molecule has 4 N–H and O–H groups in total. The highest BCUT2D eigenvalue weighted by Gasteiger charge is 2.24. The Hall–Kier alpha value is -4.89. The number of rotatable bonds is 6. The highest BCUT2D eigenvalue weighted by Crippen LogP contribution is 2.31. The van der Waals surface area contributed by atoms with Crippen molar-refractivity contribution in [1.29, 1.82) is 0 Å². The van der Waals surface area contributed by atoms with E-state index in [1.807, 2.05) is 112 Å². The number of hydrogen-bond acceptors (Lipinski definition) is 3. The summed E-state index contributed by atoms with van der Waals surface area (Å²) in [4.78, 5) is 3.92. The van der Waals surface area contributed by atoms with E-state index in [0.717, 1.165) is 40.4 Å². The van der Waals surface area contributed by atoms with Gasteiger partial charge in [-0.05, 0) is 73.6 Å². The van der Waals surface area contributed by atoms with Gasteiger partial charge in [0.25, 0.3) is 0 Å². The van der Waals surface area contributed by atoms with E-state index in [2.05, 4.69) is 41.8 Å². The molecule has 4 aromatic carbocycles. The van der Waals surface area contributed by atoms with Crippen LogP contribution in [-0.2, 0) is 0 Å². The van der Waals surface area contributed by atoms with Crippen LogP contribution in [0.4, 0.5) is 22.7 Å². The molecule has 40 heavy (non-hydrogen) atoms. The number of hydrogen-bond donors (Lipinski definition) is 3. The molecule has 1 heterocycles. The van der Waals surface area contributed by atoms with Crippen molar-refractivity contribution in [2.24, 2.45) is 15.9 Å². The Morgan fingerprint density at radius 3 is 1.73 bits per heavy atom. The van der Waals surface area contributed by atoms with Gasteiger partial charge in [-0.25, -0.2) is 0 Å². The van der Waals surface area contributed by atoms with E-state index in [-0.39, 0.29) is 5.96 Å². The van der Waals surface area contributed by atoms with Crippen LogP contribution in [0.25, 0.3) is 0 Å². The molecule has 0 aromatic heterocycles. The first-order valence-corrected chi connectivity index (χ1v) is 13.5. The zero-order chi connectivity index (χ0) is 27.9. The number of thiocarbonyl (C=S) groups is 1. The van der Waals surface area contributed by atoms with Gasteiger partial charge in [-0.2, -0.15) is 0 Å². The van der Waals surface area contributed by atoms with E-state index >= 15 is 0 Å². The van der Waals surface area contributed by atoms with Crippen LogP contribution in [-0.4, -0.2) is 35.1 Å². The topological polar surface area (TPSA) is 84.5 Å². The predicted octanol–water partition coefficient (Wildman–Crippen LogP) is 5.56. The zero-order valence-electron chi connectivity index (χ0n) is 22.5. The number of aryl methyl sites for hydroxylation is 2. The second-order valence-electron chi connectivity index (χ2n) is 9.29. The summed E-state index contributed by atoms with van der Waals surface area (Å²) in [6.07, 6.45) is 0. The van der Waals surface area contributed by atoms with Crippen LogP contribution < -0.4 is 26.3 Å². The Bertz CT molecular complexity index is 1440. The number of benzene rings is 4. The average molecular weight is 549 g/mol. The minimum absolute atomic E-state index is 0.228. The molecule has 0 radical (unpaired) electrons. The summed E-state index contributed by atoms with van der Waals surface area (Å²) in [6, 6.07) is 36.1. The van der Waals surface area contributed by atoms with E-state index in [1.165, 1.54) is 0 Å². The second-order valence-corrected chi connectivity index (χ2v) is 9.68. The van der Waals surface area contributed by atoms with Gasteiger partial charge in [-0.3, -0.25) is 20.2 Å². The number of nitrogens with one attached hydrogen (secondary N) is 2. The fourth-order valence-corrected chi connectivity index (χ4v) is 4.75. The van der Waals surface area contributed by atoms with Gasteiger partial charge in [-0.1, -0.05) is 72.8 Å².